The van der Waals surface area contributed by atoms with Crippen molar-refractivity contribution in [3.63, 3.8) is 0 Å². The molecule has 1 rings (SSSR count). The van der Waals surface area contributed by atoms with Crippen LogP contribution in [0.25, 0.3) is 0 Å². The summed E-state index contributed by atoms with van der Waals surface area (Å²) in [6, 6.07) is 4.58. The minimum atomic E-state index is -4.39. The van der Waals surface area contributed by atoms with Crippen molar-refractivity contribution in [1.82, 2.24) is 5.32 Å². The molecule has 3 N–H and O–H groups in total. The summed E-state index contributed by atoms with van der Waals surface area (Å²) in [4.78, 5) is 11.0. The van der Waals surface area contributed by atoms with Gasteiger partial charge >= 0.3 is 6.18 Å². The van der Waals surface area contributed by atoms with Gasteiger partial charge in [0.1, 0.15) is 12.4 Å². The molecule has 0 heterocycles. The molecule has 0 aliphatic heterocycles. The van der Waals surface area contributed by atoms with Crippen molar-refractivity contribution in [2.45, 2.75) is 12.6 Å². The van der Waals surface area contributed by atoms with Crippen molar-refractivity contribution >= 4 is 18.3 Å². The van der Waals surface area contributed by atoms with E-state index in [9.17, 15) is 18.0 Å². The summed E-state index contributed by atoms with van der Waals surface area (Å²) in [6.07, 6.45) is -4.18. The van der Waals surface area contributed by atoms with Crippen LogP contribution in [0.3, 0.4) is 0 Å². The second-order valence-electron chi connectivity index (χ2n) is 3.76. The topological polar surface area (TPSA) is 64.4 Å². The van der Waals surface area contributed by atoms with E-state index in [4.69, 9.17) is 10.5 Å². The molecule has 0 fully saturated rings. The number of benzene rings is 1. The Morgan fingerprint density at radius 2 is 2.05 bits per heavy atom. The van der Waals surface area contributed by atoms with Crippen LogP contribution in [0.2, 0.25) is 0 Å². The van der Waals surface area contributed by atoms with Crippen LogP contribution in [0.1, 0.15) is 12.0 Å². The lowest BCUT2D eigenvalue weighted by Crippen LogP contribution is -2.29. The van der Waals surface area contributed by atoms with Crippen molar-refractivity contribution in [3.8, 4) is 5.75 Å². The fourth-order valence-corrected chi connectivity index (χ4v) is 1.34. The Morgan fingerprint density at radius 1 is 1.35 bits per heavy atom. The van der Waals surface area contributed by atoms with Gasteiger partial charge in [-0.15, -0.1) is 12.4 Å². The summed E-state index contributed by atoms with van der Waals surface area (Å²) in [5.74, 6) is -0.0990. The van der Waals surface area contributed by atoms with Gasteiger partial charge in [0.25, 0.3) is 0 Å². The largest absolute Gasteiger partial charge is 0.492 e. The second-order valence-corrected chi connectivity index (χ2v) is 3.76. The highest BCUT2D eigenvalue weighted by molar-refractivity contribution is 5.85. The van der Waals surface area contributed by atoms with Crippen LogP contribution in [0.15, 0.2) is 24.3 Å². The summed E-state index contributed by atoms with van der Waals surface area (Å²) in [5.41, 5.74) is 4.42. The maximum atomic E-state index is 12.4. The van der Waals surface area contributed by atoms with Crippen molar-refractivity contribution in [1.29, 1.82) is 0 Å². The van der Waals surface area contributed by atoms with Gasteiger partial charge in [-0.25, -0.2) is 0 Å². The van der Waals surface area contributed by atoms with E-state index in [0.29, 0.717) is 0 Å². The number of rotatable bonds is 6. The molecule has 4 nitrogen and oxygen atoms in total. The molecule has 0 aliphatic carbocycles. The molecule has 0 radical (unpaired) electrons. The number of nitrogens with two attached hydrogens (primary N) is 1. The number of ether oxygens (including phenoxy) is 1. The number of carbonyl (C=O) groups is 1. The van der Waals surface area contributed by atoms with E-state index < -0.39 is 11.7 Å². The SMILES string of the molecule is Cl.NCCC(=O)NCCOc1cccc(C(F)(F)F)c1. The van der Waals surface area contributed by atoms with Gasteiger partial charge in [0, 0.05) is 13.0 Å². The molecule has 0 aromatic heterocycles. The molecule has 114 valence electrons. The first-order valence-electron chi connectivity index (χ1n) is 5.70. The predicted molar refractivity (Wildman–Crippen MR) is 70.9 cm³/mol. The standard InChI is InChI=1S/C12H15F3N2O2.ClH/c13-12(14,15)9-2-1-3-10(8-9)19-7-6-17-11(18)4-5-16;/h1-3,8H,4-7,16H2,(H,17,18);1H. The normalized spacial score (nSPS) is 10.6. The van der Waals surface area contributed by atoms with Crippen LogP contribution in [-0.4, -0.2) is 25.6 Å². The van der Waals surface area contributed by atoms with Crippen molar-refractivity contribution < 1.29 is 22.7 Å². The first kappa shape index (κ1) is 18.5. The minimum Gasteiger partial charge on any atom is -0.492 e. The number of alkyl halides is 3. The van der Waals surface area contributed by atoms with E-state index >= 15 is 0 Å². The van der Waals surface area contributed by atoms with E-state index in [1.165, 1.54) is 12.1 Å². The molecule has 0 unspecified atom stereocenters. The quantitative estimate of drug-likeness (QED) is 0.789. The summed E-state index contributed by atoms with van der Waals surface area (Å²) < 4.78 is 42.4. The number of hydrogen-bond donors (Lipinski definition) is 2. The zero-order valence-electron chi connectivity index (χ0n) is 10.6. The fraction of sp³-hybridized carbons (Fsp3) is 0.417. The van der Waals surface area contributed by atoms with E-state index in [2.05, 4.69) is 5.32 Å². The van der Waals surface area contributed by atoms with Gasteiger partial charge in [0.05, 0.1) is 12.1 Å². The number of hydrogen-bond acceptors (Lipinski definition) is 3. The molecular formula is C12H16ClF3N2O2. The Kier molecular flexibility index (Phi) is 8.02. The number of amides is 1. The highest BCUT2D eigenvalue weighted by Gasteiger charge is 2.30. The van der Waals surface area contributed by atoms with Gasteiger partial charge in [-0.2, -0.15) is 13.2 Å². The van der Waals surface area contributed by atoms with Crippen LogP contribution in [-0.2, 0) is 11.0 Å². The van der Waals surface area contributed by atoms with Crippen molar-refractivity contribution in [2.24, 2.45) is 5.73 Å². The Bertz CT molecular complexity index is 427. The lowest BCUT2D eigenvalue weighted by atomic mass is 10.2. The zero-order chi connectivity index (χ0) is 14.3. The fourth-order valence-electron chi connectivity index (χ4n) is 1.34. The molecule has 0 spiro atoms. The zero-order valence-corrected chi connectivity index (χ0v) is 11.4. The maximum Gasteiger partial charge on any atom is 0.416 e. The minimum absolute atomic E-state index is 0. The van der Waals surface area contributed by atoms with Crippen LogP contribution in [0, 0.1) is 0 Å². The molecular weight excluding hydrogens is 297 g/mol. The van der Waals surface area contributed by atoms with Gasteiger partial charge < -0.3 is 15.8 Å². The number of nitrogens with one attached hydrogen (secondary N) is 1. The average Bonchev–Trinajstić information content (AvgIpc) is 2.34. The third-order valence-corrected chi connectivity index (χ3v) is 2.23. The first-order valence-corrected chi connectivity index (χ1v) is 5.70. The molecule has 1 aromatic rings. The van der Waals surface area contributed by atoms with Gasteiger partial charge in [-0.05, 0) is 18.2 Å². The van der Waals surface area contributed by atoms with Crippen molar-refractivity contribution in [2.75, 3.05) is 19.7 Å². The smallest absolute Gasteiger partial charge is 0.416 e. The van der Waals surface area contributed by atoms with Gasteiger partial charge in [-0.1, -0.05) is 6.07 Å². The summed E-state index contributed by atoms with van der Waals surface area (Å²) >= 11 is 0. The Hall–Kier alpha value is -1.47. The summed E-state index contributed by atoms with van der Waals surface area (Å²) in [6.45, 7) is 0.563. The first-order chi connectivity index (χ1) is 8.93. The Balaban J connectivity index is 0.00000361. The van der Waals surface area contributed by atoms with E-state index in [1.54, 1.807) is 0 Å². The molecule has 1 amide bonds. The van der Waals surface area contributed by atoms with Crippen LogP contribution >= 0.6 is 12.4 Å². The molecule has 0 atom stereocenters. The molecule has 0 saturated heterocycles. The molecule has 0 bridgehead atoms. The predicted octanol–water partition coefficient (Wildman–Crippen LogP) is 1.97. The summed E-state index contributed by atoms with van der Waals surface area (Å²) in [5, 5.41) is 2.53. The lowest BCUT2D eigenvalue weighted by Gasteiger charge is -2.10. The highest BCUT2D eigenvalue weighted by atomic mass is 35.5. The average molecular weight is 313 g/mol. The van der Waals surface area contributed by atoms with Gasteiger partial charge in [-0.3, -0.25) is 4.79 Å². The van der Waals surface area contributed by atoms with Gasteiger partial charge in [0.2, 0.25) is 5.91 Å². The van der Waals surface area contributed by atoms with E-state index in [-0.39, 0.29) is 50.2 Å². The van der Waals surface area contributed by atoms with Crippen LogP contribution in [0.5, 0.6) is 5.75 Å². The van der Waals surface area contributed by atoms with Crippen LogP contribution < -0.4 is 15.8 Å². The lowest BCUT2D eigenvalue weighted by molar-refractivity contribution is -0.137. The maximum absolute atomic E-state index is 12.4. The van der Waals surface area contributed by atoms with E-state index in [0.717, 1.165) is 12.1 Å². The van der Waals surface area contributed by atoms with Gasteiger partial charge in [0.15, 0.2) is 0 Å². The molecule has 1 aromatic carbocycles. The van der Waals surface area contributed by atoms with E-state index in [1.807, 2.05) is 0 Å². The summed E-state index contributed by atoms with van der Waals surface area (Å²) in [7, 11) is 0. The molecule has 0 aliphatic rings. The Morgan fingerprint density at radius 3 is 2.65 bits per heavy atom. The highest BCUT2D eigenvalue weighted by Crippen LogP contribution is 2.31. The molecule has 0 saturated carbocycles. The van der Waals surface area contributed by atoms with Crippen LogP contribution in [0.4, 0.5) is 13.2 Å². The second kappa shape index (κ2) is 8.65. The Labute approximate surface area is 120 Å². The monoisotopic (exact) mass is 312 g/mol. The molecule has 8 heteroatoms. The number of carbonyl (C=O) groups excluding carboxylic acids is 1. The third-order valence-electron chi connectivity index (χ3n) is 2.23. The number of halogens is 4. The molecule has 20 heavy (non-hydrogen) atoms. The van der Waals surface area contributed by atoms with Crippen molar-refractivity contribution in [3.05, 3.63) is 29.8 Å². The third kappa shape index (κ3) is 6.63.